The Morgan fingerprint density at radius 2 is 2.05 bits per heavy atom. The monoisotopic (exact) mass is 325 g/mol. The Balaban J connectivity index is 2.37. The van der Waals surface area contributed by atoms with Gasteiger partial charge in [0, 0.05) is 24.3 Å². The van der Waals surface area contributed by atoms with Gasteiger partial charge < -0.3 is 5.73 Å². The van der Waals surface area contributed by atoms with Crippen LogP contribution in [0.25, 0.3) is 0 Å². The molecule has 0 radical (unpaired) electrons. The maximum absolute atomic E-state index is 5.69. The van der Waals surface area contributed by atoms with Crippen LogP contribution in [0.3, 0.4) is 0 Å². The molecule has 0 fully saturated rings. The van der Waals surface area contributed by atoms with Gasteiger partial charge in [0.05, 0.1) is 28.6 Å². The SMILES string of the molecule is CCc1nn(CC)c(Cn2ncc(CN)c2C)c1Br. The number of aryl methyl sites for hydroxylation is 2. The van der Waals surface area contributed by atoms with Crippen molar-refractivity contribution in [2.24, 2.45) is 5.73 Å². The normalized spacial score (nSPS) is 11.2. The number of aromatic nitrogens is 4. The zero-order valence-corrected chi connectivity index (χ0v) is 13.2. The number of nitrogens with two attached hydrogens (primary N) is 1. The Bertz CT molecular complexity index is 570. The molecule has 2 heterocycles. The number of hydrogen-bond donors (Lipinski definition) is 1. The molecule has 0 atom stereocenters. The van der Waals surface area contributed by atoms with Gasteiger partial charge >= 0.3 is 0 Å². The van der Waals surface area contributed by atoms with E-state index in [4.69, 9.17) is 5.73 Å². The average molecular weight is 326 g/mol. The zero-order valence-electron chi connectivity index (χ0n) is 11.6. The Morgan fingerprint density at radius 1 is 1.32 bits per heavy atom. The second-order valence-corrected chi connectivity index (χ2v) is 5.29. The van der Waals surface area contributed by atoms with Gasteiger partial charge in [0.15, 0.2) is 0 Å². The molecule has 0 saturated heterocycles. The van der Waals surface area contributed by atoms with E-state index in [0.717, 1.165) is 40.1 Å². The first kappa shape index (κ1) is 14.3. The molecule has 2 aromatic rings. The number of halogens is 1. The topological polar surface area (TPSA) is 61.7 Å². The van der Waals surface area contributed by atoms with Gasteiger partial charge in [0.25, 0.3) is 0 Å². The lowest BCUT2D eigenvalue weighted by Crippen LogP contribution is -2.11. The third-order valence-corrected chi connectivity index (χ3v) is 4.33. The van der Waals surface area contributed by atoms with Crippen LogP contribution < -0.4 is 5.73 Å². The highest BCUT2D eigenvalue weighted by Crippen LogP contribution is 2.23. The lowest BCUT2D eigenvalue weighted by molar-refractivity contribution is 0.566. The van der Waals surface area contributed by atoms with E-state index in [1.54, 1.807) is 0 Å². The van der Waals surface area contributed by atoms with Gasteiger partial charge in [-0.1, -0.05) is 6.92 Å². The van der Waals surface area contributed by atoms with Crippen molar-refractivity contribution in [3.05, 3.63) is 33.3 Å². The average Bonchev–Trinajstić information content (AvgIpc) is 2.92. The smallest absolute Gasteiger partial charge is 0.0842 e. The second-order valence-electron chi connectivity index (χ2n) is 4.49. The van der Waals surface area contributed by atoms with Crippen molar-refractivity contribution in [1.29, 1.82) is 0 Å². The van der Waals surface area contributed by atoms with E-state index < -0.39 is 0 Å². The summed E-state index contributed by atoms with van der Waals surface area (Å²) in [5, 5.41) is 9.01. The first-order chi connectivity index (χ1) is 9.12. The molecule has 0 spiro atoms. The van der Waals surface area contributed by atoms with Crippen LogP contribution in [0.1, 0.15) is 36.5 Å². The van der Waals surface area contributed by atoms with Gasteiger partial charge in [-0.15, -0.1) is 0 Å². The predicted octanol–water partition coefficient (Wildman–Crippen LogP) is 2.24. The first-order valence-corrected chi connectivity index (χ1v) is 7.37. The molecule has 0 aliphatic carbocycles. The van der Waals surface area contributed by atoms with Crippen LogP contribution in [0.2, 0.25) is 0 Å². The third kappa shape index (κ3) is 2.60. The highest BCUT2D eigenvalue weighted by molar-refractivity contribution is 9.10. The first-order valence-electron chi connectivity index (χ1n) is 6.57. The largest absolute Gasteiger partial charge is 0.326 e. The van der Waals surface area contributed by atoms with Gasteiger partial charge in [-0.25, -0.2) is 0 Å². The molecule has 5 nitrogen and oxygen atoms in total. The van der Waals surface area contributed by atoms with Crippen LogP contribution >= 0.6 is 15.9 Å². The summed E-state index contributed by atoms with van der Waals surface area (Å²) >= 11 is 3.66. The van der Waals surface area contributed by atoms with Gasteiger partial charge in [-0.05, 0) is 36.2 Å². The molecule has 2 aromatic heterocycles. The molecule has 2 rings (SSSR count). The molecule has 0 saturated carbocycles. The number of nitrogens with zero attached hydrogens (tertiary/aromatic N) is 4. The van der Waals surface area contributed by atoms with Crippen molar-refractivity contribution in [2.45, 2.75) is 46.8 Å². The molecular formula is C13H20BrN5. The zero-order chi connectivity index (χ0) is 14.0. The summed E-state index contributed by atoms with van der Waals surface area (Å²) in [5.41, 5.74) is 10.2. The molecule has 0 amide bonds. The van der Waals surface area contributed by atoms with Crippen LogP contribution in [-0.4, -0.2) is 19.6 Å². The predicted molar refractivity (Wildman–Crippen MR) is 78.9 cm³/mol. The second kappa shape index (κ2) is 5.88. The van der Waals surface area contributed by atoms with Crippen molar-refractivity contribution in [1.82, 2.24) is 19.6 Å². The minimum atomic E-state index is 0.528. The number of rotatable bonds is 5. The summed E-state index contributed by atoms with van der Waals surface area (Å²) in [4.78, 5) is 0. The van der Waals surface area contributed by atoms with Crippen LogP contribution in [0.4, 0.5) is 0 Å². The van der Waals surface area contributed by atoms with Crippen molar-refractivity contribution < 1.29 is 0 Å². The fraction of sp³-hybridized carbons (Fsp3) is 0.538. The minimum absolute atomic E-state index is 0.528. The fourth-order valence-corrected chi connectivity index (χ4v) is 2.84. The molecule has 2 N–H and O–H groups in total. The highest BCUT2D eigenvalue weighted by Gasteiger charge is 2.15. The van der Waals surface area contributed by atoms with E-state index in [2.05, 4.69) is 46.9 Å². The Morgan fingerprint density at radius 3 is 2.58 bits per heavy atom. The molecule has 0 bridgehead atoms. The van der Waals surface area contributed by atoms with E-state index in [1.807, 2.05) is 15.6 Å². The van der Waals surface area contributed by atoms with Gasteiger partial charge in [-0.2, -0.15) is 10.2 Å². The van der Waals surface area contributed by atoms with E-state index in [0.29, 0.717) is 13.1 Å². The molecule has 19 heavy (non-hydrogen) atoms. The molecule has 104 valence electrons. The Labute approximate surface area is 121 Å². The fourth-order valence-electron chi connectivity index (χ4n) is 2.16. The quantitative estimate of drug-likeness (QED) is 0.917. The standard InChI is InChI=1S/C13H20BrN5/c1-4-11-13(14)12(18(5-2)17-11)8-19-9(3)10(6-15)7-16-19/h7H,4-6,8,15H2,1-3H3. The molecule has 0 unspecified atom stereocenters. The van der Waals surface area contributed by atoms with Gasteiger partial charge in [-0.3, -0.25) is 9.36 Å². The van der Waals surface area contributed by atoms with Crippen LogP contribution in [0.5, 0.6) is 0 Å². The van der Waals surface area contributed by atoms with Crippen molar-refractivity contribution >= 4 is 15.9 Å². The molecule has 0 aliphatic heterocycles. The minimum Gasteiger partial charge on any atom is -0.326 e. The lowest BCUT2D eigenvalue weighted by Gasteiger charge is -2.08. The van der Waals surface area contributed by atoms with Crippen molar-refractivity contribution in [3.63, 3.8) is 0 Å². The maximum Gasteiger partial charge on any atom is 0.0842 e. The summed E-state index contributed by atoms with van der Waals surface area (Å²) in [5.74, 6) is 0. The summed E-state index contributed by atoms with van der Waals surface area (Å²) in [6.07, 6.45) is 2.77. The van der Waals surface area contributed by atoms with Gasteiger partial charge in [0.1, 0.15) is 0 Å². The summed E-state index contributed by atoms with van der Waals surface area (Å²) in [7, 11) is 0. The van der Waals surface area contributed by atoms with E-state index in [-0.39, 0.29) is 0 Å². The molecule has 0 aliphatic rings. The maximum atomic E-state index is 5.69. The third-order valence-electron chi connectivity index (χ3n) is 3.42. The lowest BCUT2D eigenvalue weighted by atomic mass is 10.2. The Kier molecular flexibility index (Phi) is 4.42. The summed E-state index contributed by atoms with van der Waals surface area (Å²) < 4.78 is 5.11. The number of hydrogen-bond acceptors (Lipinski definition) is 3. The van der Waals surface area contributed by atoms with E-state index in [1.165, 1.54) is 0 Å². The summed E-state index contributed by atoms with van der Waals surface area (Å²) in [6, 6.07) is 0. The Hall–Kier alpha value is -1.14. The molecule has 6 heteroatoms. The molecular weight excluding hydrogens is 306 g/mol. The highest BCUT2D eigenvalue weighted by atomic mass is 79.9. The van der Waals surface area contributed by atoms with Crippen LogP contribution in [0.15, 0.2) is 10.7 Å². The van der Waals surface area contributed by atoms with Crippen molar-refractivity contribution in [2.75, 3.05) is 0 Å². The van der Waals surface area contributed by atoms with Crippen LogP contribution in [0, 0.1) is 6.92 Å². The van der Waals surface area contributed by atoms with Crippen LogP contribution in [-0.2, 0) is 26.1 Å². The van der Waals surface area contributed by atoms with E-state index >= 15 is 0 Å². The van der Waals surface area contributed by atoms with Gasteiger partial charge in [0.2, 0.25) is 0 Å². The van der Waals surface area contributed by atoms with Crippen molar-refractivity contribution in [3.8, 4) is 0 Å². The van der Waals surface area contributed by atoms with E-state index in [9.17, 15) is 0 Å². The summed E-state index contributed by atoms with van der Waals surface area (Å²) in [6.45, 7) is 8.37. The molecule has 0 aromatic carbocycles.